The van der Waals surface area contributed by atoms with Gasteiger partial charge in [0.25, 0.3) is 0 Å². The Kier molecular flexibility index (Phi) is 6.14. The fraction of sp³-hybridized carbons (Fsp3) is 0.727. The molecule has 0 aromatic carbocycles. The molecule has 6 nitrogen and oxygen atoms in total. The van der Waals surface area contributed by atoms with Crippen molar-refractivity contribution in [3.8, 4) is 0 Å². The average Bonchev–Trinajstić information content (AvgIpc) is 2.81. The van der Waals surface area contributed by atoms with E-state index in [0.29, 0.717) is 0 Å². The third-order valence-corrected chi connectivity index (χ3v) is 3.46. The Morgan fingerprint density at radius 1 is 1.61 bits per heavy atom. The first-order valence-electron chi connectivity index (χ1n) is 6.01. The summed E-state index contributed by atoms with van der Waals surface area (Å²) in [6.45, 7) is 5.96. The monoisotopic (exact) mass is 272 g/mol. The normalized spacial score (nSPS) is 12.7. The van der Waals surface area contributed by atoms with E-state index in [-0.39, 0.29) is 30.4 Å². The molecule has 1 heterocycles. The maximum atomic E-state index is 11.6. The van der Waals surface area contributed by atoms with Gasteiger partial charge >= 0.3 is 0 Å². The Morgan fingerprint density at radius 3 is 2.89 bits per heavy atom. The van der Waals surface area contributed by atoms with E-state index < -0.39 is 0 Å². The smallest absolute Gasteiger partial charge is 0.230 e. The van der Waals surface area contributed by atoms with Crippen molar-refractivity contribution in [1.82, 2.24) is 20.1 Å². The average molecular weight is 272 g/mol. The van der Waals surface area contributed by atoms with Crippen molar-refractivity contribution in [2.24, 2.45) is 0 Å². The van der Waals surface area contributed by atoms with Crippen molar-refractivity contribution in [2.45, 2.75) is 44.4 Å². The first-order chi connectivity index (χ1) is 8.58. The number of amides is 1. The molecule has 0 saturated heterocycles. The second kappa shape index (κ2) is 7.38. The number of nitrogens with one attached hydrogen (secondary N) is 1. The van der Waals surface area contributed by atoms with Crippen molar-refractivity contribution in [3.63, 3.8) is 0 Å². The number of nitrogens with zero attached hydrogens (tertiary/aromatic N) is 3. The van der Waals surface area contributed by atoms with Crippen LogP contribution in [0.25, 0.3) is 0 Å². The largest absolute Gasteiger partial charge is 0.394 e. The predicted molar refractivity (Wildman–Crippen MR) is 70.4 cm³/mol. The summed E-state index contributed by atoms with van der Waals surface area (Å²) in [7, 11) is 0. The molecule has 1 amide bonds. The van der Waals surface area contributed by atoms with Crippen LogP contribution in [0, 0.1) is 0 Å². The number of aromatic nitrogens is 3. The lowest BCUT2D eigenvalue weighted by Gasteiger charge is -2.14. The number of thioether (sulfide) groups is 1. The summed E-state index contributed by atoms with van der Waals surface area (Å²) in [6, 6.07) is 0.104. The number of carbonyl (C=O) groups excluding carboxylic acids is 1. The number of carbonyl (C=O) groups is 1. The third-order valence-electron chi connectivity index (χ3n) is 2.51. The summed E-state index contributed by atoms with van der Waals surface area (Å²) < 4.78 is 1.92. The van der Waals surface area contributed by atoms with Crippen LogP contribution in [0.5, 0.6) is 0 Å². The highest BCUT2D eigenvalue weighted by atomic mass is 32.2. The van der Waals surface area contributed by atoms with Gasteiger partial charge in [0.2, 0.25) is 5.91 Å². The molecule has 102 valence electrons. The molecule has 0 aliphatic carbocycles. The van der Waals surface area contributed by atoms with Crippen LogP contribution in [0.4, 0.5) is 0 Å². The van der Waals surface area contributed by atoms with E-state index in [2.05, 4.69) is 15.5 Å². The molecule has 1 aromatic heterocycles. The summed E-state index contributed by atoms with van der Waals surface area (Å²) in [5.74, 6) is 0.182. The molecule has 1 aromatic rings. The zero-order chi connectivity index (χ0) is 13.5. The van der Waals surface area contributed by atoms with Gasteiger partial charge in [-0.3, -0.25) is 4.79 Å². The van der Waals surface area contributed by atoms with E-state index >= 15 is 0 Å². The van der Waals surface area contributed by atoms with Gasteiger partial charge in [-0.25, -0.2) is 0 Å². The van der Waals surface area contributed by atoms with Crippen LogP contribution in [-0.2, 0) is 4.79 Å². The SMILES string of the molecule is CC[C@@H](CO)NC(=O)CSc1nncn1C(C)C. The quantitative estimate of drug-likeness (QED) is 0.719. The van der Waals surface area contributed by atoms with Crippen LogP contribution >= 0.6 is 11.8 Å². The van der Waals surface area contributed by atoms with E-state index in [4.69, 9.17) is 5.11 Å². The van der Waals surface area contributed by atoms with Crippen LogP contribution in [0.3, 0.4) is 0 Å². The molecule has 0 fully saturated rings. The van der Waals surface area contributed by atoms with E-state index in [1.165, 1.54) is 11.8 Å². The summed E-state index contributed by atoms with van der Waals surface area (Å²) in [5, 5.41) is 20.3. The third kappa shape index (κ3) is 4.30. The standard InChI is InChI=1S/C11H20N4O2S/c1-4-9(5-16)13-10(17)6-18-11-14-12-7-15(11)8(2)3/h7-9,16H,4-6H2,1-3H3,(H,13,17)/t9-/m0/s1. The molecule has 0 unspecified atom stereocenters. The minimum atomic E-state index is -0.166. The highest BCUT2D eigenvalue weighted by molar-refractivity contribution is 7.99. The minimum absolute atomic E-state index is 0.0327. The van der Waals surface area contributed by atoms with Gasteiger partial charge in [-0.1, -0.05) is 18.7 Å². The maximum Gasteiger partial charge on any atom is 0.230 e. The highest BCUT2D eigenvalue weighted by Crippen LogP contribution is 2.18. The van der Waals surface area contributed by atoms with Gasteiger partial charge in [-0.15, -0.1) is 10.2 Å². The molecule has 0 saturated carbocycles. The van der Waals surface area contributed by atoms with E-state index in [0.717, 1.165) is 11.6 Å². The Morgan fingerprint density at radius 2 is 2.33 bits per heavy atom. The summed E-state index contributed by atoms with van der Waals surface area (Å²) >= 11 is 1.35. The van der Waals surface area contributed by atoms with Crippen molar-refractivity contribution in [2.75, 3.05) is 12.4 Å². The van der Waals surface area contributed by atoms with Crippen molar-refractivity contribution >= 4 is 17.7 Å². The van der Waals surface area contributed by atoms with Gasteiger partial charge in [-0.2, -0.15) is 0 Å². The van der Waals surface area contributed by atoms with Gasteiger partial charge in [-0.05, 0) is 20.3 Å². The molecule has 0 bridgehead atoms. The van der Waals surface area contributed by atoms with Gasteiger partial charge in [0, 0.05) is 6.04 Å². The Hall–Kier alpha value is -1.08. The first kappa shape index (κ1) is 15.0. The number of rotatable bonds is 7. The number of aliphatic hydroxyl groups is 1. The molecule has 18 heavy (non-hydrogen) atoms. The second-order valence-corrected chi connectivity index (χ2v) is 5.20. The van der Waals surface area contributed by atoms with E-state index in [9.17, 15) is 4.79 Å². The fourth-order valence-corrected chi connectivity index (χ4v) is 2.22. The lowest BCUT2D eigenvalue weighted by Crippen LogP contribution is -2.38. The molecular formula is C11H20N4O2S. The number of hydrogen-bond acceptors (Lipinski definition) is 5. The van der Waals surface area contributed by atoms with E-state index in [1.54, 1.807) is 6.33 Å². The van der Waals surface area contributed by atoms with Crippen LogP contribution in [0.1, 0.15) is 33.2 Å². The summed E-state index contributed by atoms with van der Waals surface area (Å²) in [4.78, 5) is 11.6. The van der Waals surface area contributed by atoms with Gasteiger partial charge in [0.15, 0.2) is 5.16 Å². The molecule has 0 aliphatic rings. The van der Waals surface area contributed by atoms with Crippen molar-refractivity contribution < 1.29 is 9.90 Å². The zero-order valence-electron chi connectivity index (χ0n) is 11.0. The number of aliphatic hydroxyl groups excluding tert-OH is 1. The zero-order valence-corrected chi connectivity index (χ0v) is 11.8. The van der Waals surface area contributed by atoms with Crippen LogP contribution in [0.15, 0.2) is 11.5 Å². The lowest BCUT2D eigenvalue weighted by molar-refractivity contribution is -0.119. The Labute approximate surface area is 111 Å². The maximum absolute atomic E-state index is 11.6. The summed E-state index contributed by atoms with van der Waals surface area (Å²) in [6.07, 6.45) is 2.38. The Bertz CT molecular complexity index is 377. The molecule has 2 N–H and O–H groups in total. The van der Waals surface area contributed by atoms with Gasteiger partial charge in [0.1, 0.15) is 6.33 Å². The molecule has 1 atom stereocenters. The predicted octanol–water partition coefficient (Wildman–Crippen LogP) is 0.838. The molecule has 0 radical (unpaired) electrons. The van der Waals surface area contributed by atoms with Crippen LogP contribution in [-0.4, -0.2) is 44.2 Å². The first-order valence-corrected chi connectivity index (χ1v) is 6.99. The van der Waals surface area contributed by atoms with E-state index in [1.807, 2.05) is 25.3 Å². The van der Waals surface area contributed by atoms with Crippen molar-refractivity contribution in [3.05, 3.63) is 6.33 Å². The minimum Gasteiger partial charge on any atom is -0.394 e. The van der Waals surface area contributed by atoms with Crippen LogP contribution in [0.2, 0.25) is 0 Å². The fourth-order valence-electron chi connectivity index (χ4n) is 1.37. The van der Waals surface area contributed by atoms with Crippen LogP contribution < -0.4 is 5.32 Å². The van der Waals surface area contributed by atoms with Gasteiger partial charge < -0.3 is 15.0 Å². The number of hydrogen-bond donors (Lipinski definition) is 2. The summed E-state index contributed by atoms with van der Waals surface area (Å²) in [5.41, 5.74) is 0. The lowest BCUT2D eigenvalue weighted by atomic mass is 10.2. The Balaban J connectivity index is 2.45. The molecule has 1 rings (SSSR count). The molecule has 7 heteroatoms. The molecular weight excluding hydrogens is 252 g/mol. The topological polar surface area (TPSA) is 80.0 Å². The molecule has 0 aliphatic heterocycles. The second-order valence-electron chi connectivity index (χ2n) is 4.26. The molecule has 0 spiro atoms. The van der Waals surface area contributed by atoms with Gasteiger partial charge in [0.05, 0.1) is 18.4 Å². The van der Waals surface area contributed by atoms with Crippen molar-refractivity contribution in [1.29, 1.82) is 0 Å². The highest BCUT2D eigenvalue weighted by Gasteiger charge is 2.12.